The molecule has 0 amide bonds. The van der Waals surface area contributed by atoms with Crippen LogP contribution < -0.4 is 0 Å². The van der Waals surface area contributed by atoms with Gasteiger partial charge in [0.25, 0.3) is 0 Å². The molecule has 72 valence electrons. The summed E-state index contributed by atoms with van der Waals surface area (Å²) in [5, 5.41) is 0. The highest BCUT2D eigenvalue weighted by atomic mass is 15.2. The molecule has 0 aromatic carbocycles. The van der Waals surface area contributed by atoms with Crippen LogP contribution in [0.2, 0.25) is 0 Å². The Hall–Kier alpha value is -1.05. The van der Waals surface area contributed by atoms with Crippen molar-refractivity contribution in [3.05, 3.63) is 24.4 Å². The van der Waals surface area contributed by atoms with Crippen LogP contribution in [0.25, 0.3) is 0 Å². The molecule has 2 nitrogen and oxygen atoms in total. The van der Waals surface area contributed by atoms with E-state index in [1.165, 1.54) is 5.84 Å². The van der Waals surface area contributed by atoms with Gasteiger partial charge in [0, 0.05) is 25.2 Å². The molecule has 13 heavy (non-hydrogen) atoms. The van der Waals surface area contributed by atoms with Crippen molar-refractivity contribution in [2.75, 3.05) is 13.1 Å². The molecule has 0 aromatic heterocycles. The minimum absolute atomic E-state index is 0.426. The van der Waals surface area contributed by atoms with Crippen molar-refractivity contribution in [1.29, 1.82) is 0 Å². The topological polar surface area (TPSA) is 15.6 Å². The van der Waals surface area contributed by atoms with Crippen molar-refractivity contribution in [3.63, 3.8) is 0 Å². The predicted molar refractivity (Wildman–Crippen MR) is 57.8 cm³/mol. The smallest absolute Gasteiger partial charge is 0.111 e. The van der Waals surface area contributed by atoms with E-state index in [1.54, 1.807) is 0 Å². The van der Waals surface area contributed by atoms with Crippen molar-refractivity contribution in [2.45, 2.75) is 20.8 Å². The molecule has 0 radical (unpaired) electrons. The summed E-state index contributed by atoms with van der Waals surface area (Å²) in [7, 11) is 0. The standard InChI is InChI=1S/C11H18N2/c1-4-13(5-2)11-10(3)8-6-7-9-12-11/h6-10H,4-5H2,1-3H3. The Morgan fingerprint density at radius 3 is 2.62 bits per heavy atom. The lowest BCUT2D eigenvalue weighted by Crippen LogP contribution is -2.34. The van der Waals surface area contributed by atoms with Gasteiger partial charge in [0.2, 0.25) is 0 Å². The normalized spacial score (nSPS) is 21.2. The summed E-state index contributed by atoms with van der Waals surface area (Å²) in [5.74, 6) is 1.60. The second-order valence-electron chi connectivity index (χ2n) is 3.17. The number of hydrogen-bond donors (Lipinski definition) is 0. The van der Waals surface area contributed by atoms with Gasteiger partial charge in [-0.25, -0.2) is 4.99 Å². The second-order valence-corrected chi connectivity index (χ2v) is 3.17. The van der Waals surface area contributed by atoms with E-state index in [0.717, 1.165) is 13.1 Å². The third-order valence-electron chi connectivity index (χ3n) is 2.30. The van der Waals surface area contributed by atoms with Gasteiger partial charge in [-0.2, -0.15) is 0 Å². The zero-order valence-electron chi connectivity index (χ0n) is 8.70. The summed E-state index contributed by atoms with van der Waals surface area (Å²) < 4.78 is 0. The lowest BCUT2D eigenvalue weighted by atomic mass is 10.1. The molecule has 1 aliphatic heterocycles. The van der Waals surface area contributed by atoms with Gasteiger partial charge >= 0.3 is 0 Å². The van der Waals surface area contributed by atoms with Crippen LogP contribution in [0, 0.1) is 5.92 Å². The highest BCUT2D eigenvalue weighted by Gasteiger charge is 2.13. The Morgan fingerprint density at radius 1 is 1.31 bits per heavy atom. The van der Waals surface area contributed by atoms with Gasteiger partial charge in [-0.05, 0) is 19.9 Å². The first-order valence-electron chi connectivity index (χ1n) is 4.95. The molecule has 1 atom stereocenters. The van der Waals surface area contributed by atoms with E-state index in [0.29, 0.717) is 5.92 Å². The molecule has 0 spiro atoms. The molecule has 1 unspecified atom stereocenters. The van der Waals surface area contributed by atoms with Crippen LogP contribution in [0.15, 0.2) is 29.4 Å². The zero-order valence-corrected chi connectivity index (χ0v) is 8.70. The molecule has 0 aliphatic carbocycles. The Labute approximate surface area is 80.7 Å². The van der Waals surface area contributed by atoms with Crippen molar-refractivity contribution < 1.29 is 0 Å². The first-order chi connectivity index (χ1) is 6.29. The number of rotatable bonds is 2. The van der Waals surface area contributed by atoms with Crippen molar-refractivity contribution in [2.24, 2.45) is 10.9 Å². The average Bonchev–Trinajstić information content (AvgIpc) is 2.34. The number of allylic oxidation sites excluding steroid dienone is 2. The van der Waals surface area contributed by atoms with E-state index < -0.39 is 0 Å². The summed E-state index contributed by atoms with van der Waals surface area (Å²) >= 11 is 0. The molecule has 0 N–H and O–H groups in total. The molecule has 0 saturated carbocycles. The van der Waals surface area contributed by atoms with E-state index in [-0.39, 0.29) is 0 Å². The minimum Gasteiger partial charge on any atom is -0.360 e. The van der Waals surface area contributed by atoms with Crippen LogP contribution in [-0.4, -0.2) is 23.8 Å². The van der Waals surface area contributed by atoms with Crippen molar-refractivity contribution >= 4 is 5.84 Å². The molecular weight excluding hydrogens is 160 g/mol. The second kappa shape index (κ2) is 4.85. The molecule has 1 rings (SSSR count). The summed E-state index contributed by atoms with van der Waals surface area (Å²) in [6, 6.07) is 0. The Balaban J connectivity index is 2.81. The van der Waals surface area contributed by atoms with Crippen LogP contribution in [0.3, 0.4) is 0 Å². The Kier molecular flexibility index (Phi) is 3.74. The molecule has 0 aromatic rings. The fourth-order valence-corrected chi connectivity index (χ4v) is 1.52. The summed E-state index contributed by atoms with van der Waals surface area (Å²) in [4.78, 5) is 6.74. The van der Waals surface area contributed by atoms with Gasteiger partial charge in [-0.3, -0.25) is 0 Å². The van der Waals surface area contributed by atoms with Gasteiger partial charge in [0.15, 0.2) is 0 Å². The average molecular weight is 178 g/mol. The summed E-state index contributed by atoms with van der Waals surface area (Å²) in [6.07, 6.45) is 8.09. The van der Waals surface area contributed by atoms with Gasteiger partial charge in [-0.15, -0.1) is 0 Å². The van der Waals surface area contributed by atoms with E-state index in [2.05, 4.69) is 42.8 Å². The van der Waals surface area contributed by atoms with Crippen molar-refractivity contribution in [3.8, 4) is 0 Å². The molecular formula is C11H18N2. The Bertz CT molecular complexity index is 234. The summed E-state index contributed by atoms with van der Waals surface area (Å²) in [5.41, 5.74) is 0. The highest BCUT2D eigenvalue weighted by Crippen LogP contribution is 2.09. The molecule has 1 aliphatic rings. The fourth-order valence-electron chi connectivity index (χ4n) is 1.52. The van der Waals surface area contributed by atoms with Crippen molar-refractivity contribution in [1.82, 2.24) is 4.90 Å². The molecule has 2 heteroatoms. The number of aliphatic imine (C=N–C) groups is 1. The van der Waals surface area contributed by atoms with Crippen LogP contribution in [0.5, 0.6) is 0 Å². The largest absolute Gasteiger partial charge is 0.360 e. The molecule has 0 saturated heterocycles. The highest BCUT2D eigenvalue weighted by molar-refractivity contribution is 5.86. The van der Waals surface area contributed by atoms with E-state index in [1.807, 2.05) is 12.3 Å². The monoisotopic (exact) mass is 178 g/mol. The predicted octanol–water partition coefficient (Wildman–Crippen LogP) is 2.45. The summed E-state index contributed by atoms with van der Waals surface area (Å²) in [6.45, 7) is 8.57. The van der Waals surface area contributed by atoms with Crippen LogP contribution >= 0.6 is 0 Å². The molecule has 1 heterocycles. The van der Waals surface area contributed by atoms with E-state index in [9.17, 15) is 0 Å². The first kappa shape index (κ1) is 10.0. The Morgan fingerprint density at radius 2 is 2.00 bits per heavy atom. The van der Waals surface area contributed by atoms with Crippen LogP contribution in [0.4, 0.5) is 0 Å². The van der Waals surface area contributed by atoms with Gasteiger partial charge in [0.1, 0.15) is 5.84 Å². The lowest BCUT2D eigenvalue weighted by Gasteiger charge is -2.25. The fraction of sp³-hybridized carbons (Fsp3) is 0.545. The molecule has 0 fully saturated rings. The number of nitrogens with zero attached hydrogens (tertiary/aromatic N) is 2. The SMILES string of the molecule is CCN(CC)C1=NC=CC=CC1C. The zero-order chi connectivity index (χ0) is 9.68. The third-order valence-corrected chi connectivity index (χ3v) is 2.30. The van der Waals surface area contributed by atoms with Crippen LogP contribution in [-0.2, 0) is 0 Å². The van der Waals surface area contributed by atoms with Gasteiger partial charge in [-0.1, -0.05) is 19.1 Å². The van der Waals surface area contributed by atoms with Crippen LogP contribution in [0.1, 0.15) is 20.8 Å². The number of hydrogen-bond acceptors (Lipinski definition) is 2. The van der Waals surface area contributed by atoms with Gasteiger partial charge in [0.05, 0.1) is 0 Å². The maximum absolute atomic E-state index is 4.45. The first-order valence-corrected chi connectivity index (χ1v) is 4.95. The lowest BCUT2D eigenvalue weighted by molar-refractivity contribution is 0.447. The molecule has 0 bridgehead atoms. The number of amidine groups is 1. The third kappa shape index (κ3) is 2.44. The maximum atomic E-state index is 4.45. The van der Waals surface area contributed by atoms with E-state index >= 15 is 0 Å². The van der Waals surface area contributed by atoms with E-state index in [4.69, 9.17) is 0 Å². The quantitative estimate of drug-likeness (QED) is 0.634. The van der Waals surface area contributed by atoms with Gasteiger partial charge < -0.3 is 4.90 Å². The minimum atomic E-state index is 0.426. The maximum Gasteiger partial charge on any atom is 0.111 e.